The van der Waals surface area contributed by atoms with Crippen LogP contribution in [0, 0.1) is 3.57 Å². The summed E-state index contributed by atoms with van der Waals surface area (Å²) >= 11 is 5.56. The summed E-state index contributed by atoms with van der Waals surface area (Å²) in [5.74, 6) is 1.33. The quantitative estimate of drug-likeness (QED) is 0.792. The fourth-order valence-corrected chi connectivity index (χ4v) is 1.93. The smallest absolute Gasteiger partial charge is 0.227 e. The topological polar surface area (TPSA) is 47.0 Å². The third-order valence-corrected chi connectivity index (χ3v) is 3.24. The van der Waals surface area contributed by atoms with Crippen molar-refractivity contribution in [2.24, 2.45) is 0 Å². The van der Waals surface area contributed by atoms with E-state index in [0.29, 0.717) is 5.95 Å². The first-order chi connectivity index (χ1) is 8.19. The molecule has 1 heterocycles. The zero-order chi connectivity index (χ0) is 12.3. The Balaban J connectivity index is 2.21. The normalized spacial score (nSPS) is 10.1. The fraction of sp³-hybridized carbons (Fsp3) is 0.0909. The third kappa shape index (κ3) is 3.29. The molecule has 0 aliphatic heterocycles. The van der Waals surface area contributed by atoms with Crippen molar-refractivity contribution in [2.75, 3.05) is 12.4 Å². The molecule has 1 aromatic carbocycles. The Bertz CT molecular complexity index is 519. The number of hydrogen-bond donors (Lipinski definition) is 1. The Kier molecular flexibility index (Phi) is 4.16. The van der Waals surface area contributed by atoms with Crippen molar-refractivity contribution in [3.63, 3.8) is 0 Å². The van der Waals surface area contributed by atoms with Crippen molar-refractivity contribution in [3.05, 3.63) is 38.6 Å². The van der Waals surface area contributed by atoms with E-state index in [0.717, 1.165) is 19.5 Å². The number of aromatic nitrogens is 2. The van der Waals surface area contributed by atoms with E-state index in [9.17, 15) is 0 Å². The van der Waals surface area contributed by atoms with Gasteiger partial charge in [-0.3, -0.25) is 0 Å². The monoisotopic (exact) mass is 405 g/mol. The second-order valence-corrected chi connectivity index (χ2v) is 5.30. The standard InChI is InChI=1S/C11H9BrIN3O/c1-17-10-4-8(2-3-9(10)12)16-11-14-5-7(13)6-15-11/h2-6H,1H3,(H,14,15,16). The summed E-state index contributed by atoms with van der Waals surface area (Å²) in [6, 6.07) is 5.72. The van der Waals surface area contributed by atoms with Crippen LogP contribution in [0.25, 0.3) is 0 Å². The number of benzene rings is 1. The highest BCUT2D eigenvalue weighted by atomic mass is 127. The highest BCUT2D eigenvalue weighted by Gasteiger charge is 2.03. The Labute approximate surface area is 121 Å². The van der Waals surface area contributed by atoms with E-state index in [2.05, 4.69) is 53.8 Å². The van der Waals surface area contributed by atoms with Crippen LogP contribution in [0.1, 0.15) is 0 Å². The minimum atomic E-state index is 0.565. The molecule has 2 aromatic rings. The molecule has 17 heavy (non-hydrogen) atoms. The van der Waals surface area contributed by atoms with E-state index < -0.39 is 0 Å². The van der Waals surface area contributed by atoms with Crippen LogP contribution in [0.4, 0.5) is 11.6 Å². The molecule has 1 aromatic heterocycles. The first kappa shape index (κ1) is 12.6. The lowest BCUT2D eigenvalue weighted by Crippen LogP contribution is -1.97. The minimum absolute atomic E-state index is 0.565. The van der Waals surface area contributed by atoms with Gasteiger partial charge in [-0.05, 0) is 50.7 Å². The number of rotatable bonds is 3. The van der Waals surface area contributed by atoms with Gasteiger partial charge in [-0.25, -0.2) is 9.97 Å². The number of ether oxygens (including phenoxy) is 1. The van der Waals surface area contributed by atoms with Crippen molar-refractivity contribution in [2.45, 2.75) is 0 Å². The van der Waals surface area contributed by atoms with Gasteiger partial charge < -0.3 is 10.1 Å². The van der Waals surface area contributed by atoms with Gasteiger partial charge in [0.15, 0.2) is 0 Å². The summed E-state index contributed by atoms with van der Waals surface area (Å²) < 4.78 is 7.13. The number of halogens is 2. The zero-order valence-corrected chi connectivity index (χ0v) is 12.7. The van der Waals surface area contributed by atoms with Gasteiger partial charge in [0.1, 0.15) is 5.75 Å². The molecular formula is C11H9BrIN3O. The molecule has 2 rings (SSSR count). The molecular weight excluding hydrogens is 397 g/mol. The van der Waals surface area contributed by atoms with Crippen LogP contribution in [0.15, 0.2) is 35.1 Å². The van der Waals surface area contributed by atoms with Crippen molar-refractivity contribution < 1.29 is 4.74 Å². The Morgan fingerprint density at radius 1 is 1.29 bits per heavy atom. The summed E-state index contributed by atoms with van der Waals surface area (Å²) in [6.45, 7) is 0. The van der Waals surface area contributed by atoms with Crippen LogP contribution in [0.3, 0.4) is 0 Å². The summed E-state index contributed by atoms with van der Waals surface area (Å²) in [5.41, 5.74) is 0.881. The largest absolute Gasteiger partial charge is 0.495 e. The first-order valence-electron chi connectivity index (χ1n) is 4.77. The molecule has 0 radical (unpaired) electrons. The molecule has 0 fully saturated rings. The van der Waals surface area contributed by atoms with Crippen LogP contribution in [0.5, 0.6) is 5.75 Å². The summed E-state index contributed by atoms with van der Waals surface area (Å²) in [4.78, 5) is 8.34. The molecule has 0 bridgehead atoms. The van der Waals surface area contributed by atoms with Gasteiger partial charge in [-0.15, -0.1) is 0 Å². The van der Waals surface area contributed by atoms with Crippen molar-refractivity contribution >= 4 is 50.2 Å². The Hall–Kier alpha value is -0.890. The highest BCUT2D eigenvalue weighted by Crippen LogP contribution is 2.28. The molecule has 6 heteroatoms. The van der Waals surface area contributed by atoms with Crippen LogP contribution in [-0.4, -0.2) is 17.1 Å². The summed E-state index contributed by atoms with van der Waals surface area (Å²) in [5, 5.41) is 3.11. The maximum atomic E-state index is 5.21. The van der Waals surface area contributed by atoms with Gasteiger partial charge in [-0.2, -0.15) is 0 Å². The lowest BCUT2D eigenvalue weighted by molar-refractivity contribution is 0.412. The van der Waals surface area contributed by atoms with E-state index in [-0.39, 0.29) is 0 Å². The fourth-order valence-electron chi connectivity index (χ4n) is 1.24. The predicted octanol–water partition coefficient (Wildman–Crippen LogP) is 3.60. The molecule has 0 saturated carbocycles. The van der Waals surface area contributed by atoms with Gasteiger partial charge in [0.2, 0.25) is 5.95 Å². The zero-order valence-electron chi connectivity index (χ0n) is 8.95. The van der Waals surface area contributed by atoms with Crippen molar-refractivity contribution in [1.29, 1.82) is 0 Å². The maximum Gasteiger partial charge on any atom is 0.227 e. The number of hydrogen-bond acceptors (Lipinski definition) is 4. The number of nitrogens with zero attached hydrogens (tertiary/aromatic N) is 2. The van der Waals surface area contributed by atoms with Crippen molar-refractivity contribution in [3.8, 4) is 5.75 Å². The van der Waals surface area contributed by atoms with Gasteiger partial charge in [0, 0.05) is 27.7 Å². The lowest BCUT2D eigenvalue weighted by Gasteiger charge is -2.08. The first-order valence-corrected chi connectivity index (χ1v) is 6.64. The van der Waals surface area contributed by atoms with Crippen LogP contribution >= 0.6 is 38.5 Å². The Morgan fingerprint density at radius 2 is 2.00 bits per heavy atom. The summed E-state index contributed by atoms with van der Waals surface area (Å²) in [7, 11) is 1.63. The highest BCUT2D eigenvalue weighted by molar-refractivity contribution is 14.1. The van der Waals surface area contributed by atoms with E-state index >= 15 is 0 Å². The second kappa shape index (κ2) is 5.63. The summed E-state index contributed by atoms with van der Waals surface area (Å²) in [6.07, 6.45) is 3.51. The second-order valence-electron chi connectivity index (χ2n) is 3.20. The number of methoxy groups -OCH3 is 1. The molecule has 88 valence electrons. The molecule has 1 N–H and O–H groups in total. The molecule has 4 nitrogen and oxygen atoms in total. The van der Waals surface area contributed by atoms with E-state index in [1.54, 1.807) is 19.5 Å². The maximum absolute atomic E-state index is 5.21. The number of nitrogens with one attached hydrogen (secondary N) is 1. The number of anilines is 2. The molecule has 0 saturated heterocycles. The Morgan fingerprint density at radius 3 is 2.65 bits per heavy atom. The average Bonchev–Trinajstić information content (AvgIpc) is 2.34. The van der Waals surface area contributed by atoms with E-state index in [1.807, 2.05) is 18.2 Å². The van der Waals surface area contributed by atoms with Crippen LogP contribution in [-0.2, 0) is 0 Å². The van der Waals surface area contributed by atoms with E-state index in [1.165, 1.54) is 0 Å². The molecule has 0 atom stereocenters. The SMILES string of the molecule is COc1cc(Nc2ncc(I)cn2)ccc1Br. The van der Waals surface area contributed by atoms with E-state index in [4.69, 9.17) is 4.74 Å². The lowest BCUT2D eigenvalue weighted by atomic mass is 10.3. The van der Waals surface area contributed by atoms with Crippen LogP contribution < -0.4 is 10.1 Å². The van der Waals surface area contributed by atoms with Crippen LogP contribution in [0.2, 0.25) is 0 Å². The van der Waals surface area contributed by atoms with Gasteiger partial charge >= 0.3 is 0 Å². The average molecular weight is 406 g/mol. The predicted molar refractivity (Wildman–Crippen MR) is 78.7 cm³/mol. The molecule has 0 amide bonds. The molecule has 0 spiro atoms. The van der Waals surface area contributed by atoms with Gasteiger partial charge in [-0.1, -0.05) is 0 Å². The molecule has 0 unspecified atom stereocenters. The van der Waals surface area contributed by atoms with Crippen molar-refractivity contribution in [1.82, 2.24) is 9.97 Å². The molecule has 0 aliphatic carbocycles. The minimum Gasteiger partial charge on any atom is -0.495 e. The molecule has 0 aliphatic rings. The van der Waals surface area contributed by atoms with Gasteiger partial charge in [0.05, 0.1) is 11.6 Å². The third-order valence-electron chi connectivity index (χ3n) is 2.03. The van der Waals surface area contributed by atoms with Gasteiger partial charge in [0.25, 0.3) is 0 Å².